The molecule has 12 aromatic rings. The van der Waals surface area contributed by atoms with Gasteiger partial charge < -0.3 is 0 Å². The standard InChI is InChI=1S/C30H32FN.2C29H32FN.C26H26FN/c1-19(2)9-16-25-26(21-12-14-23(31)15-13-21)27-29(32-28(25)22-10-11-22)24-8-6-5-7-20(24)17-18-30(27,3)4;1-19(2)13-18-25-26(21-14-16-22(30)17-15-21)24-12-8-10-20-9-6-7-11-23(20)27(24)31-28(25)29(3,4)5;1-18(2)13-15-25-27(22-14-16-26(30)20(5)17-22)24-12-8-10-21-9-6-7-11-23(21)29(24)31-28(25)19(3)4;1-16(2)9-14-22-24(18-10-12-20(27)13-11-18)23-15-19-7-5-6-8-21(19)26(23)28-25(22)17(3)4/h5-9,12-16,19,22H,10-11,17-18H2,1-4H3;2*6-7,9,11,13-19H,8,10,12H2,1-5H3;5-14,16-17H,15H2,1-4H3/b16-9+;18-13+;15-13+;14-9+. The molecule has 1 saturated carbocycles. The van der Waals surface area contributed by atoms with E-state index in [9.17, 15) is 17.6 Å². The van der Waals surface area contributed by atoms with Crippen molar-refractivity contribution in [2.45, 2.75) is 224 Å². The quantitative estimate of drug-likeness (QED) is 0.0960. The molecule has 0 atom stereocenters. The molecule has 8 heteroatoms. The zero-order valence-electron chi connectivity index (χ0n) is 75.1. The molecule has 0 aliphatic heterocycles. The summed E-state index contributed by atoms with van der Waals surface area (Å²) in [4.78, 5) is 21.2. The summed E-state index contributed by atoms with van der Waals surface area (Å²) in [5, 5.41) is 0. The smallest absolute Gasteiger partial charge is 0.126 e. The molecule has 0 saturated heterocycles. The molecule has 0 amide bonds. The van der Waals surface area contributed by atoms with E-state index in [4.69, 9.17) is 19.9 Å². The summed E-state index contributed by atoms with van der Waals surface area (Å²) in [5.41, 5.74) is 38.9. The first kappa shape index (κ1) is 87.4. The number of aryl methyl sites for hydroxylation is 4. The molecule has 0 unspecified atom stereocenters. The molecule has 0 radical (unpaired) electrons. The molecule has 0 N–H and O–H groups in total. The van der Waals surface area contributed by atoms with E-state index >= 15 is 0 Å². The van der Waals surface area contributed by atoms with Crippen molar-refractivity contribution >= 4 is 24.3 Å². The molecular formula is C114H122F4N4. The van der Waals surface area contributed by atoms with Crippen LogP contribution in [0.1, 0.15) is 263 Å². The van der Waals surface area contributed by atoms with Crippen LogP contribution in [0, 0.1) is 53.9 Å². The van der Waals surface area contributed by atoms with Crippen LogP contribution in [0.25, 0.3) is 114 Å². The number of rotatable bonds is 15. The van der Waals surface area contributed by atoms with Crippen LogP contribution in [0.3, 0.4) is 0 Å². The van der Waals surface area contributed by atoms with E-state index in [0.717, 1.165) is 120 Å². The minimum atomic E-state index is -0.207. The Labute approximate surface area is 725 Å². The minimum absolute atomic E-state index is 0.0480. The van der Waals surface area contributed by atoms with Gasteiger partial charge in [0, 0.05) is 62.3 Å². The van der Waals surface area contributed by atoms with E-state index in [-0.39, 0.29) is 40.0 Å². The van der Waals surface area contributed by atoms with Crippen LogP contribution in [0.4, 0.5) is 17.6 Å². The molecule has 1 fully saturated rings. The summed E-state index contributed by atoms with van der Waals surface area (Å²) in [7, 11) is 0. The minimum Gasteiger partial charge on any atom is -0.252 e. The predicted molar refractivity (Wildman–Crippen MR) is 508 cm³/mol. The Morgan fingerprint density at radius 2 is 0.746 bits per heavy atom. The fourth-order valence-electron chi connectivity index (χ4n) is 18.1. The zero-order valence-corrected chi connectivity index (χ0v) is 75.1. The molecule has 8 aromatic carbocycles. The van der Waals surface area contributed by atoms with Gasteiger partial charge in [0.25, 0.3) is 0 Å². The van der Waals surface area contributed by atoms with E-state index in [1.165, 1.54) is 130 Å². The third-order valence-electron chi connectivity index (χ3n) is 24.4. The average Bonchev–Trinajstić information content (AvgIpc) is 1.80. The predicted octanol–water partition coefficient (Wildman–Crippen LogP) is 31.7. The highest BCUT2D eigenvalue weighted by Crippen LogP contribution is 2.53. The molecule has 4 nitrogen and oxygen atoms in total. The molecule has 4 aromatic heterocycles. The molecule has 4 heterocycles. The third kappa shape index (κ3) is 19.3. The lowest BCUT2D eigenvalue weighted by Crippen LogP contribution is -2.21. The van der Waals surface area contributed by atoms with Gasteiger partial charge in [-0.25, -0.2) is 17.6 Å². The van der Waals surface area contributed by atoms with Gasteiger partial charge in [0.05, 0.1) is 45.6 Å². The van der Waals surface area contributed by atoms with Crippen molar-refractivity contribution in [3.05, 3.63) is 331 Å². The van der Waals surface area contributed by atoms with Gasteiger partial charge in [-0.3, -0.25) is 19.9 Å². The van der Waals surface area contributed by atoms with E-state index in [1.54, 1.807) is 42.5 Å². The van der Waals surface area contributed by atoms with Crippen LogP contribution < -0.4 is 0 Å². The first-order valence-corrected chi connectivity index (χ1v) is 44.8. The Bertz CT molecular complexity index is 5930. The van der Waals surface area contributed by atoms with Crippen LogP contribution in [-0.2, 0) is 49.4 Å². The normalized spacial score (nSPS) is 14.5. The second-order valence-electron chi connectivity index (χ2n) is 37.9. The van der Waals surface area contributed by atoms with Crippen molar-refractivity contribution in [1.82, 2.24) is 19.9 Å². The highest BCUT2D eigenvalue weighted by molar-refractivity contribution is 5.92. The summed E-state index contributed by atoms with van der Waals surface area (Å²) < 4.78 is 55.5. The SMILES string of the molecule is CC(C)/C=C/c1c(C(C)(C)C)nc2c(c1-c1ccc(F)cc1)CCCc1ccccc1-2.CC(C)/C=C/c1c(C(C)C)nc2c(c1-c1ccc(F)cc1)Cc1ccccc1-2.CC(C)/C=C/c1c(C2CC2)nc2c(c1-c1ccc(F)cc1)C(C)(C)CCc1ccccc1-2.Cc1cc(-c2c(/C=C/C(C)C)c(C(C)C)nc3c2CCCc2ccccc2-3)ccc1F. The first-order valence-electron chi connectivity index (χ1n) is 44.8. The molecule has 17 rings (SSSR count). The number of hydrogen-bond donors (Lipinski definition) is 0. The summed E-state index contributed by atoms with van der Waals surface area (Å²) in [6, 6.07) is 61.1. The van der Waals surface area contributed by atoms with E-state index in [2.05, 4.69) is 263 Å². The van der Waals surface area contributed by atoms with E-state index < -0.39 is 0 Å². The summed E-state index contributed by atoms with van der Waals surface area (Å²) in [6.45, 7) is 39.6. The second-order valence-corrected chi connectivity index (χ2v) is 37.9. The van der Waals surface area contributed by atoms with Gasteiger partial charge in [0.2, 0.25) is 0 Å². The fraction of sp³-hybridized carbons (Fsp3) is 0.333. The molecule has 5 aliphatic carbocycles. The molecular weight excluding hydrogens is 1500 g/mol. The van der Waals surface area contributed by atoms with Crippen LogP contribution in [-0.4, -0.2) is 19.9 Å². The molecule has 0 spiro atoms. The molecule has 0 bridgehead atoms. The van der Waals surface area contributed by atoms with Crippen LogP contribution in [0.5, 0.6) is 0 Å². The number of nitrogens with zero attached hydrogens (tertiary/aromatic N) is 4. The van der Waals surface area contributed by atoms with Crippen molar-refractivity contribution < 1.29 is 17.6 Å². The molecule has 5 aliphatic rings. The van der Waals surface area contributed by atoms with Gasteiger partial charge in [0.1, 0.15) is 23.3 Å². The average molecular weight is 1620 g/mol. The number of halogens is 4. The van der Waals surface area contributed by atoms with Gasteiger partial charge in [-0.1, -0.05) is 306 Å². The van der Waals surface area contributed by atoms with Gasteiger partial charge in [-0.2, -0.15) is 0 Å². The third-order valence-corrected chi connectivity index (χ3v) is 24.4. The zero-order chi connectivity index (χ0) is 86.6. The van der Waals surface area contributed by atoms with Crippen molar-refractivity contribution in [3.8, 4) is 89.5 Å². The highest BCUT2D eigenvalue weighted by atomic mass is 19.1. The summed E-state index contributed by atoms with van der Waals surface area (Å²) in [5.74, 6) is 2.13. The number of allylic oxidation sites excluding steroid dienone is 4. The van der Waals surface area contributed by atoms with Crippen molar-refractivity contribution in [2.75, 3.05) is 0 Å². The van der Waals surface area contributed by atoms with Crippen molar-refractivity contribution in [2.24, 2.45) is 23.7 Å². The Hall–Kier alpha value is -11.0. The first-order chi connectivity index (χ1) is 58.4. The lowest BCUT2D eigenvalue weighted by molar-refractivity contribution is 0.485. The lowest BCUT2D eigenvalue weighted by atomic mass is 9.75. The number of pyridine rings is 4. The maximum atomic E-state index is 14.2. The molecule has 626 valence electrons. The summed E-state index contributed by atoms with van der Waals surface area (Å²) in [6.07, 6.45) is 29.6. The van der Waals surface area contributed by atoms with E-state index in [0.29, 0.717) is 41.1 Å². The lowest BCUT2D eigenvalue weighted by Gasteiger charge is -2.30. The maximum absolute atomic E-state index is 14.2. The molecule has 122 heavy (non-hydrogen) atoms. The maximum Gasteiger partial charge on any atom is 0.126 e. The monoisotopic (exact) mass is 1620 g/mol. The van der Waals surface area contributed by atoms with Crippen LogP contribution in [0.15, 0.2) is 212 Å². The van der Waals surface area contributed by atoms with Crippen LogP contribution in [0.2, 0.25) is 0 Å². The van der Waals surface area contributed by atoms with Gasteiger partial charge in [-0.15, -0.1) is 0 Å². The Morgan fingerprint density at radius 3 is 1.18 bits per heavy atom. The highest BCUT2D eigenvalue weighted by Gasteiger charge is 2.39. The Morgan fingerprint density at radius 1 is 0.377 bits per heavy atom. The Kier molecular flexibility index (Phi) is 26.8. The Balaban J connectivity index is 0.000000133. The number of benzene rings is 8. The number of hydrogen-bond acceptors (Lipinski definition) is 4. The topological polar surface area (TPSA) is 51.6 Å². The number of aromatic nitrogens is 4. The van der Waals surface area contributed by atoms with Gasteiger partial charge in [0.15, 0.2) is 0 Å². The fourth-order valence-corrected chi connectivity index (χ4v) is 18.1. The van der Waals surface area contributed by atoms with Crippen molar-refractivity contribution in [1.29, 1.82) is 0 Å². The second kappa shape index (κ2) is 37.4. The van der Waals surface area contributed by atoms with Gasteiger partial charge >= 0.3 is 0 Å². The van der Waals surface area contributed by atoms with Gasteiger partial charge in [-0.05, 0) is 255 Å². The van der Waals surface area contributed by atoms with Crippen molar-refractivity contribution in [3.63, 3.8) is 0 Å². The van der Waals surface area contributed by atoms with E-state index in [1.807, 2.05) is 55.5 Å². The van der Waals surface area contributed by atoms with Crippen LogP contribution >= 0.6 is 0 Å². The largest absolute Gasteiger partial charge is 0.252 e. The number of fused-ring (bicyclic) bond motifs is 12. The summed E-state index contributed by atoms with van der Waals surface area (Å²) >= 11 is 0.